The fourth-order valence-corrected chi connectivity index (χ4v) is 1.93. The van der Waals surface area contributed by atoms with E-state index in [1.807, 2.05) is 25.1 Å². The lowest BCUT2D eigenvalue weighted by Gasteiger charge is -2.05. The summed E-state index contributed by atoms with van der Waals surface area (Å²) in [5.74, 6) is 2.05. The van der Waals surface area contributed by atoms with Gasteiger partial charge in [0.15, 0.2) is 0 Å². The van der Waals surface area contributed by atoms with Gasteiger partial charge in [0.2, 0.25) is 0 Å². The van der Waals surface area contributed by atoms with Crippen molar-refractivity contribution in [3.8, 4) is 0 Å². The number of rotatable bonds is 3. The third-order valence-electron chi connectivity index (χ3n) is 2.78. The molecular formula is C13H14N6. The van der Waals surface area contributed by atoms with E-state index in [0.717, 1.165) is 22.5 Å². The molecular weight excluding hydrogens is 240 g/mol. The zero-order valence-electron chi connectivity index (χ0n) is 10.5. The minimum atomic E-state index is 0.478. The minimum absolute atomic E-state index is 0.478. The number of nitrogens with two attached hydrogens (primary N) is 1. The Labute approximate surface area is 110 Å². The van der Waals surface area contributed by atoms with Crippen LogP contribution in [0.4, 0.5) is 11.5 Å². The van der Waals surface area contributed by atoms with E-state index in [0.29, 0.717) is 18.2 Å². The number of benzene rings is 1. The number of aromatic nitrogens is 4. The molecule has 0 aliphatic rings. The van der Waals surface area contributed by atoms with Crippen LogP contribution in [0, 0.1) is 6.92 Å². The lowest BCUT2D eigenvalue weighted by atomic mass is 10.3. The summed E-state index contributed by atoms with van der Waals surface area (Å²) in [6.45, 7) is 2.47. The number of nitrogen functional groups attached to an aromatic ring is 1. The molecule has 0 amide bonds. The first kappa shape index (κ1) is 11.5. The predicted molar refractivity (Wildman–Crippen MR) is 74.6 cm³/mol. The Hall–Kier alpha value is -2.63. The Morgan fingerprint density at radius 3 is 3.00 bits per heavy atom. The van der Waals surface area contributed by atoms with Crippen molar-refractivity contribution >= 4 is 22.5 Å². The van der Waals surface area contributed by atoms with Crippen molar-refractivity contribution in [1.82, 2.24) is 19.9 Å². The number of hydrogen-bond donors (Lipinski definition) is 3. The van der Waals surface area contributed by atoms with E-state index in [4.69, 9.17) is 5.73 Å². The van der Waals surface area contributed by atoms with Crippen LogP contribution >= 0.6 is 0 Å². The Morgan fingerprint density at radius 2 is 2.16 bits per heavy atom. The fraction of sp³-hybridized carbons (Fsp3) is 0.154. The summed E-state index contributed by atoms with van der Waals surface area (Å²) >= 11 is 0. The molecule has 3 aromatic rings. The average molecular weight is 254 g/mol. The van der Waals surface area contributed by atoms with Crippen LogP contribution in [-0.4, -0.2) is 19.9 Å². The quantitative estimate of drug-likeness (QED) is 0.663. The Bertz CT molecular complexity index is 718. The maximum Gasteiger partial charge on any atom is 0.149 e. The van der Waals surface area contributed by atoms with Crippen LogP contribution in [0.1, 0.15) is 11.6 Å². The van der Waals surface area contributed by atoms with Gasteiger partial charge in [0.1, 0.15) is 17.5 Å². The number of nitrogens with zero attached hydrogens (tertiary/aromatic N) is 3. The average Bonchev–Trinajstić information content (AvgIpc) is 2.75. The van der Waals surface area contributed by atoms with E-state index < -0.39 is 0 Å². The molecule has 2 heterocycles. The van der Waals surface area contributed by atoms with Gasteiger partial charge in [-0.2, -0.15) is 0 Å². The van der Waals surface area contributed by atoms with Gasteiger partial charge in [0, 0.05) is 11.9 Å². The van der Waals surface area contributed by atoms with Crippen molar-refractivity contribution in [2.75, 3.05) is 11.1 Å². The van der Waals surface area contributed by atoms with Gasteiger partial charge in [0.05, 0.1) is 17.6 Å². The number of imidazole rings is 1. The Kier molecular flexibility index (Phi) is 2.75. The van der Waals surface area contributed by atoms with Gasteiger partial charge in [-0.1, -0.05) is 0 Å². The summed E-state index contributed by atoms with van der Waals surface area (Å²) in [6.07, 6.45) is 1.65. The molecule has 0 radical (unpaired) electrons. The largest absolute Gasteiger partial charge is 0.384 e. The van der Waals surface area contributed by atoms with Crippen LogP contribution in [0.25, 0.3) is 11.0 Å². The van der Waals surface area contributed by atoms with Crippen LogP contribution in [0.2, 0.25) is 0 Å². The zero-order valence-corrected chi connectivity index (χ0v) is 10.5. The third kappa shape index (κ3) is 2.47. The van der Waals surface area contributed by atoms with Gasteiger partial charge in [-0.15, -0.1) is 0 Å². The number of nitrogens with one attached hydrogen (secondary N) is 2. The van der Waals surface area contributed by atoms with Gasteiger partial charge in [-0.3, -0.25) is 0 Å². The van der Waals surface area contributed by atoms with Gasteiger partial charge >= 0.3 is 0 Å². The molecule has 0 bridgehead atoms. The highest BCUT2D eigenvalue weighted by Gasteiger charge is 2.02. The number of aromatic amines is 1. The van der Waals surface area contributed by atoms with Crippen LogP contribution < -0.4 is 11.1 Å². The van der Waals surface area contributed by atoms with E-state index in [1.165, 1.54) is 0 Å². The predicted octanol–water partition coefficient (Wildman–Crippen LogP) is 1.86. The second-order valence-corrected chi connectivity index (χ2v) is 4.31. The van der Waals surface area contributed by atoms with Crippen LogP contribution in [0.15, 0.2) is 30.5 Å². The first-order valence-electron chi connectivity index (χ1n) is 5.98. The van der Waals surface area contributed by atoms with Crippen molar-refractivity contribution in [3.05, 3.63) is 42.1 Å². The van der Waals surface area contributed by atoms with E-state index >= 15 is 0 Å². The van der Waals surface area contributed by atoms with Crippen molar-refractivity contribution in [2.24, 2.45) is 0 Å². The Morgan fingerprint density at radius 1 is 1.26 bits per heavy atom. The standard InChI is InChI=1S/C13H14N6/c1-8-17-10-3-2-9(6-11(10)18-8)16-7-13-15-5-4-12(14)19-13/h2-6,16H,7H2,1H3,(H,17,18)(H2,14,15,19). The molecule has 2 aromatic heterocycles. The first-order valence-corrected chi connectivity index (χ1v) is 5.98. The molecule has 1 aromatic carbocycles. The molecule has 0 unspecified atom stereocenters. The number of H-pyrrole nitrogens is 1. The maximum atomic E-state index is 5.61. The van der Waals surface area contributed by atoms with Gasteiger partial charge in [0.25, 0.3) is 0 Å². The fourth-order valence-electron chi connectivity index (χ4n) is 1.93. The molecule has 0 aliphatic carbocycles. The van der Waals surface area contributed by atoms with E-state index in [9.17, 15) is 0 Å². The summed E-state index contributed by atoms with van der Waals surface area (Å²) < 4.78 is 0. The highest BCUT2D eigenvalue weighted by molar-refractivity contribution is 5.79. The molecule has 96 valence electrons. The van der Waals surface area contributed by atoms with Gasteiger partial charge < -0.3 is 16.0 Å². The number of fused-ring (bicyclic) bond motifs is 1. The lowest BCUT2D eigenvalue weighted by molar-refractivity contribution is 0.954. The maximum absolute atomic E-state index is 5.61. The van der Waals surface area contributed by atoms with Crippen LogP contribution in [0.5, 0.6) is 0 Å². The molecule has 0 aliphatic heterocycles. The van der Waals surface area contributed by atoms with Gasteiger partial charge in [-0.25, -0.2) is 15.0 Å². The molecule has 6 nitrogen and oxygen atoms in total. The summed E-state index contributed by atoms with van der Waals surface area (Å²) in [7, 11) is 0. The summed E-state index contributed by atoms with van der Waals surface area (Å²) in [6, 6.07) is 7.64. The molecule has 4 N–H and O–H groups in total. The smallest absolute Gasteiger partial charge is 0.149 e. The third-order valence-corrected chi connectivity index (χ3v) is 2.78. The van der Waals surface area contributed by atoms with E-state index in [1.54, 1.807) is 12.3 Å². The molecule has 0 spiro atoms. The molecule has 0 saturated heterocycles. The summed E-state index contributed by atoms with van der Waals surface area (Å²) in [5.41, 5.74) is 8.57. The SMILES string of the molecule is Cc1nc2ccc(NCc3nccc(N)n3)cc2[nH]1. The first-order chi connectivity index (χ1) is 9.20. The number of aryl methyl sites for hydroxylation is 1. The topological polar surface area (TPSA) is 92.5 Å². The molecule has 19 heavy (non-hydrogen) atoms. The second kappa shape index (κ2) is 4.56. The summed E-state index contributed by atoms with van der Waals surface area (Å²) in [4.78, 5) is 15.8. The van der Waals surface area contributed by atoms with Crippen LogP contribution in [0.3, 0.4) is 0 Å². The lowest BCUT2D eigenvalue weighted by Crippen LogP contribution is -2.05. The normalized spacial score (nSPS) is 10.8. The highest BCUT2D eigenvalue weighted by atomic mass is 15.0. The van der Waals surface area contributed by atoms with E-state index in [-0.39, 0.29) is 0 Å². The Balaban J connectivity index is 1.78. The van der Waals surface area contributed by atoms with Crippen molar-refractivity contribution in [3.63, 3.8) is 0 Å². The number of anilines is 2. The monoisotopic (exact) mass is 254 g/mol. The van der Waals surface area contributed by atoms with E-state index in [2.05, 4.69) is 25.3 Å². The van der Waals surface area contributed by atoms with Crippen molar-refractivity contribution in [1.29, 1.82) is 0 Å². The van der Waals surface area contributed by atoms with Crippen molar-refractivity contribution < 1.29 is 0 Å². The van der Waals surface area contributed by atoms with Crippen LogP contribution in [-0.2, 0) is 6.54 Å². The minimum Gasteiger partial charge on any atom is -0.384 e. The van der Waals surface area contributed by atoms with Crippen molar-refractivity contribution in [2.45, 2.75) is 13.5 Å². The highest BCUT2D eigenvalue weighted by Crippen LogP contribution is 2.17. The zero-order chi connectivity index (χ0) is 13.2. The molecule has 0 fully saturated rings. The number of hydrogen-bond acceptors (Lipinski definition) is 5. The molecule has 6 heteroatoms. The van der Waals surface area contributed by atoms with Gasteiger partial charge in [-0.05, 0) is 31.2 Å². The molecule has 0 atom stereocenters. The molecule has 0 saturated carbocycles. The molecule has 3 rings (SSSR count). The second-order valence-electron chi connectivity index (χ2n) is 4.31. The summed E-state index contributed by atoms with van der Waals surface area (Å²) in [5, 5.41) is 3.26.